The van der Waals surface area contributed by atoms with E-state index in [4.69, 9.17) is 5.11 Å². The standard InChI is InChI=1S/C14H19NO4S/c16-14(17)9-5-11-20(18,19)15-10-4-8-13(15)12-6-2-1-3-7-12/h1-3,6-7,13H,4-5,8-11H2,(H,16,17). The van der Waals surface area contributed by atoms with Crippen LogP contribution in [0.15, 0.2) is 30.3 Å². The van der Waals surface area contributed by atoms with Crippen LogP contribution in [-0.4, -0.2) is 36.1 Å². The predicted molar refractivity (Wildman–Crippen MR) is 75.8 cm³/mol. The van der Waals surface area contributed by atoms with Crippen LogP contribution in [0.5, 0.6) is 0 Å². The van der Waals surface area contributed by atoms with Crippen LogP contribution in [0.4, 0.5) is 0 Å². The Morgan fingerprint density at radius 1 is 1.30 bits per heavy atom. The average Bonchev–Trinajstić information content (AvgIpc) is 2.89. The lowest BCUT2D eigenvalue weighted by atomic mass is 10.1. The van der Waals surface area contributed by atoms with Crippen LogP contribution in [-0.2, 0) is 14.8 Å². The molecule has 0 spiro atoms. The van der Waals surface area contributed by atoms with E-state index in [2.05, 4.69) is 0 Å². The number of carbonyl (C=O) groups is 1. The van der Waals surface area contributed by atoms with E-state index >= 15 is 0 Å². The summed E-state index contributed by atoms with van der Waals surface area (Å²) in [6.45, 7) is 0.523. The number of benzene rings is 1. The third-order valence-electron chi connectivity index (χ3n) is 3.54. The lowest BCUT2D eigenvalue weighted by Crippen LogP contribution is -2.32. The molecular formula is C14H19NO4S. The highest BCUT2D eigenvalue weighted by molar-refractivity contribution is 7.89. The summed E-state index contributed by atoms with van der Waals surface area (Å²) in [6.07, 6.45) is 1.72. The summed E-state index contributed by atoms with van der Waals surface area (Å²) in [4.78, 5) is 10.5. The largest absolute Gasteiger partial charge is 0.481 e. The van der Waals surface area contributed by atoms with Crippen molar-refractivity contribution in [2.24, 2.45) is 0 Å². The van der Waals surface area contributed by atoms with Gasteiger partial charge in [-0.1, -0.05) is 30.3 Å². The molecule has 0 aromatic heterocycles. The SMILES string of the molecule is O=C(O)CCCS(=O)(=O)N1CCCC1c1ccccc1. The highest BCUT2D eigenvalue weighted by Crippen LogP contribution is 2.34. The zero-order valence-corrected chi connectivity index (χ0v) is 12.1. The molecule has 1 fully saturated rings. The fourth-order valence-corrected chi connectivity index (χ4v) is 4.37. The second-order valence-electron chi connectivity index (χ2n) is 4.99. The smallest absolute Gasteiger partial charge is 0.303 e. The zero-order valence-electron chi connectivity index (χ0n) is 11.2. The van der Waals surface area contributed by atoms with Gasteiger partial charge in [0.15, 0.2) is 0 Å². The Balaban J connectivity index is 2.08. The van der Waals surface area contributed by atoms with Crippen LogP contribution < -0.4 is 0 Å². The molecule has 1 aliphatic rings. The maximum atomic E-state index is 12.3. The molecule has 1 heterocycles. The summed E-state index contributed by atoms with van der Waals surface area (Å²) in [5.74, 6) is -1.05. The molecule has 0 radical (unpaired) electrons. The van der Waals surface area contributed by atoms with Crippen molar-refractivity contribution in [2.75, 3.05) is 12.3 Å². The number of rotatable bonds is 6. The van der Waals surface area contributed by atoms with Gasteiger partial charge in [0.25, 0.3) is 0 Å². The monoisotopic (exact) mass is 297 g/mol. The van der Waals surface area contributed by atoms with E-state index in [0.717, 1.165) is 18.4 Å². The fraction of sp³-hybridized carbons (Fsp3) is 0.500. The van der Waals surface area contributed by atoms with Crippen LogP contribution in [0.3, 0.4) is 0 Å². The van der Waals surface area contributed by atoms with Crippen molar-refractivity contribution in [3.05, 3.63) is 35.9 Å². The molecule has 110 valence electrons. The van der Waals surface area contributed by atoms with Crippen molar-refractivity contribution in [1.29, 1.82) is 0 Å². The molecule has 1 aromatic carbocycles. The number of sulfonamides is 1. The maximum absolute atomic E-state index is 12.3. The summed E-state index contributed by atoms with van der Waals surface area (Å²) in [5, 5.41) is 8.60. The van der Waals surface area contributed by atoms with Gasteiger partial charge in [-0.15, -0.1) is 0 Å². The highest BCUT2D eigenvalue weighted by atomic mass is 32.2. The van der Waals surface area contributed by atoms with Crippen molar-refractivity contribution in [3.8, 4) is 0 Å². The van der Waals surface area contributed by atoms with Gasteiger partial charge in [0.05, 0.1) is 5.75 Å². The second-order valence-corrected chi connectivity index (χ2v) is 7.03. The highest BCUT2D eigenvalue weighted by Gasteiger charge is 2.34. The van der Waals surface area contributed by atoms with Gasteiger partial charge in [-0.2, -0.15) is 4.31 Å². The van der Waals surface area contributed by atoms with E-state index in [1.165, 1.54) is 4.31 Å². The summed E-state index contributed by atoms with van der Waals surface area (Å²) in [7, 11) is -3.38. The Kier molecular flexibility index (Phi) is 4.77. The van der Waals surface area contributed by atoms with E-state index in [0.29, 0.717) is 6.54 Å². The fourth-order valence-electron chi connectivity index (χ4n) is 2.60. The minimum atomic E-state index is -3.38. The Labute approximate surface area is 119 Å². The van der Waals surface area contributed by atoms with Crippen LogP contribution in [0.2, 0.25) is 0 Å². The number of aliphatic carboxylic acids is 1. The first-order chi connectivity index (χ1) is 9.50. The van der Waals surface area contributed by atoms with Gasteiger partial charge in [0, 0.05) is 19.0 Å². The van der Waals surface area contributed by atoms with Gasteiger partial charge in [-0.05, 0) is 24.8 Å². The molecule has 1 unspecified atom stereocenters. The summed E-state index contributed by atoms with van der Waals surface area (Å²) in [5.41, 5.74) is 1.01. The Hall–Kier alpha value is -1.40. The molecule has 1 aliphatic heterocycles. The van der Waals surface area contributed by atoms with Crippen molar-refractivity contribution in [2.45, 2.75) is 31.7 Å². The Morgan fingerprint density at radius 2 is 2.00 bits per heavy atom. The van der Waals surface area contributed by atoms with Crippen LogP contribution in [0.25, 0.3) is 0 Å². The topological polar surface area (TPSA) is 74.7 Å². The molecule has 6 heteroatoms. The van der Waals surface area contributed by atoms with Gasteiger partial charge >= 0.3 is 5.97 Å². The summed E-state index contributed by atoms with van der Waals surface area (Å²) < 4.78 is 26.2. The molecule has 1 saturated heterocycles. The first kappa shape index (κ1) is 15.0. The van der Waals surface area contributed by atoms with Crippen molar-refractivity contribution in [1.82, 2.24) is 4.31 Å². The van der Waals surface area contributed by atoms with Crippen molar-refractivity contribution >= 4 is 16.0 Å². The number of carboxylic acids is 1. The van der Waals surface area contributed by atoms with Gasteiger partial charge in [-0.25, -0.2) is 8.42 Å². The quantitative estimate of drug-likeness (QED) is 0.871. The van der Waals surface area contributed by atoms with E-state index in [1.807, 2.05) is 30.3 Å². The lowest BCUT2D eigenvalue weighted by Gasteiger charge is -2.24. The molecule has 5 nitrogen and oxygen atoms in total. The summed E-state index contributed by atoms with van der Waals surface area (Å²) in [6, 6.07) is 9.49. The molecule has 1 N–H and O–H groups in total. The third-order valence-corrected chi connectivity index (χ3v) is 5.49. The van der Waals surface area contributed by atoms with Crippen molar-refractivity contribution < 1.29 is 18.3 Å². The van der Waals surface area contributed by atoms with E-state index in [-0.39, 0.29) is 24.6 Å². The number of carboxylic acid groups (broad SMARTS) is 1. The minimum absolute atomic E-state index is 0.0946. The molecule has 0 saturated carbocycles. The van der Waals surface area contributed by atoms with Crippen molar-refractivity contribution in [3.63, 3.8) is 0 Å². The van der Waals surface area contributed by atoms with Gasteiger partial charge in [-0.3, -0.25) is 4.79 Å². The van der Waals surface area contributed by atoms with Gasteiger partial charge < -0.3 is 5.11 Å². The molecular weight excluding hydrogens is 278 g/mol. The van der Waals surface area contributed by atoms with E-state index in [1.54, 1.807) is 0 Å². The van der Waals surface area contributed by atoms with Crippen LogP contribution in [0, 0.1) is 0 Å². The lowest BCUT2D eigenvalue weighted by molar-refractivity contribution is -0.137. The molecule has 1 atom stereocenters. The molecule has 1 aromatic rings. The number of hydrogen-bond donors (Lipinski definition) is 1. The molecule has 2 rings (SSSR count). The first-order valence-electron chi connectivity index (χ1n) is 6.77. The van der Waals surface area contributed by atoms with E-state index in [9.17, 15) is 13.2 Å². The minimum Gasteiger partial charge on any atom is -0.481 e. The molecule has 0 aliphatic carbocycles. The van der Waals surface area contributed by atoms with E-state index < -0.39 is 16.0 Å². The Bertz CT molecular complexity index is 556. The Morgan fingerprint density at radius 3 is 2.65 bits per heavy atom. The normalized spacial score (nSPS) is 20.1. The second kappa shape index (κ2) is 6.37. The van der Waals surface area contributed by atoms with Crippen LogP contribution >= 0.6 is 0 Å². The molecule has 0 bridgehead atoms. The van der Waals surface area contributed by atoms with Crippen LogP contribution in [0.1, 0.15) is 37.3 Å². The molecule has 0 amide bonds. The van der Waals surface area contributed by atoms with Gasteiger partial charge in [0.1, 0.15) is 0 Å². The van der Waals surface area contributed by atoms with Gasteiger partial charge in [0.2, 0.25) is 10.0 Å². The number of hydrogen-bond acceptors (Lipinski definition) is 3. The summed E-state index contributed by atoms with van der Waals surface area (Å²) >= 11 is 0. The average molecular weight is 297 g/mol. The molecule has 20 heavy (non-hydrogen) atoms. The third kappa shape index (κ3) is 3.58. The zero-order chi connectivity index (χ0) is 14.6. The first-order valence-corrected chi connectivity index (χ1v) is 8.38. The maximum Gasteiger partial charge on any atom is 0.303 e. The predicted octanol–water partition coefficient (Wildman–Crippen LogP) is 2.02. The number of nitrogens with zero attached hydrogens (tertiary/aromatic N) is 1.